The molecule has 0 aliphatic heterocycles. The summed E-state index contributed by atoms with van der Waals surface area (Å²) in [6, 6.07) is 9.83. The van der Waals surface area contributed by atoms with E-state index in [0.29, 0.717) is 13.0 Å². The lowest BCUT2D eigenvalue weighted by Gasteiger charge is -1.98. The van der Waals surface area contributed by atoms with E-state index in [2.05, 4.69) is 11.8 Å². The van der Waals surface area contributed by atoms with E-state index in [-0.39, 0.29) is 5.97 Å². The van der Waals surface area contributed by atoms with E-state index < -0.39 is 0 Å². The van der Waals surface area contributed by atoms with Crippen LogP contribution in [0.1, 0.15) is 31.7 Å². The maximum Gasteiger partial charge on any atom is 0.305 e. The molecule has 0 N–H and O–H groups in total. The second-order valence-electron chi connectivity index (χ2n) is 3.33. The Bertz CT molecular complexity index is 371. The molecule has 0 heterocycles. The molecule has 0 fully saturated rings. The summed E-state index contributed by atoms with van der Waals surface area (Å²) in [7, 11) is 0. The Labute approximate surface area is 96.6 Å². The monoisotopic (exact) mass is 216 g/mol. The highest BCUT2D eigenvalue weighted by Crippen LogP contribution is 1.98. The molecule has 0 unspecified atom stereocenters. The molecule has 0 spiro atoms. The van der Waals surface area contributed by atoms with Gasteiger partial charge in [-0.05, 0) is 25.5 Å². The molecular weight excluding hydrogens is 200 g/mol. The molecule has 0 saturated carbocycles. The first kappa shape index (κ1) is 12.3. The van der Waals surface area contributed by atoms with Gasteiger partial charge in [-0.3, -0.25) is 4.79 Å². The van der Waals surface area contributed by atoms with Crippen molar-refractivity contribution in [2.45, 2.75) is 26.2 Å². The zero-order chi connectivity index (χ0) is 11.6. The van der Waals surface area contributed by atoms with Gasteiger partial charge in [0.05, 0.1) is 6.61 Å². The number of ether oxygens (including phenoxy) is 1. The minimum Gasteiger partial charge on any atom is -0.466 e. The zero-order valence-electron chi connectivity index (χ0n) is 9.53. The van der Waals surface area contributed by atoms with Gasteiger partial charge < -0.3 is 4.74 Å². The second-order valence-corrected chi connectivity index (χ2v) is 3.33. The highest BCUT2D eigenvalue weighted by atomic mass is 16.5. The molecule has 0 saturated heterocycles. The Morgan fingerprint density at radius 2 is 2.06 bits per heavy atom. The van der Waals surface area contributed by atoms with Gasteiger partial charge in [0.1, 0.15) is 0 Å². The van der Waals surface area contributed by atoms with Crippen LogP contribution in [0.15, 0.2) is 30.3 Å². The van der Waals surface area contributed by atoms with Gasteiger partial charge in [0.25, 0.3) is 0 Å². The van der Waals surface area contributed by atoms with E-state index >= 15 is 0 Å². The van der Waals surface area contributed by atoms with Crippen LogP contribution in [-0.4, -0.2) is 12.6 Å². The molecule has 1 aromatic rings. The number of unbranched alkanes of at least 4 members (excludes halogenated alkanes) is 1. The second kappa shape index (κ2) is 7.53. The largest absolute Gasteiger partial charge is 0.466 e. The lowest BCUT2D eigenvalue weighted by molar-refractivity contribution is -0.143. The van der Waals surface area contributed by atoms with E-state index in [9.17, 15) is 4.79 Å². The van der Waals surface area contributed by atoms with E-state index in [0.717, 1.165) is 18.4 Å². The van der Waals surface area contributed by atoms with E-state index in [4.69, 9.17) is 4.74 Å². The number of benzene rings is 1. The van der Waals surface area contributed by atoms with Crippen molar-refractivity contribution in [3.05, 3.63) is 35.9 Å². The number of carbonyl (C=O) groups excluding carboxylic acids is 1. The third-order valence-electron chi connectivity index (χ3n) is 1.99. The molecule has 0 aliphatic carbocycles. The first-order valence-corrected chi connectivity index (χ1v) is 5.52. The van der Waals surface area contributed by atoms with Crippen LogP contribution < -0.4 is 0 Å². The van der Waals surface area contributed by atoms with Crippen molar-refractivity contribution in [2.24, 2.45) is 0 Å². The van der Waals surface area contributed by atoms with Crippen molar-refractivity contribution in [3.63, 3.8) is 0 Å². The summed E-state index contributed by atoms with van der Waals surface area (Å²) in [4.78, 5) is 11.0. The maximum absolute atomic E-state index is 11.0. The van der Waals surface area contributed by atoms with Gasteiger partial charge in [-0.25, -0.2) is 0 Å². The van der Waals surface area contributed by atoms with Gasteiger partial charge in [-0.15, -0.1) is 0 Å². The summed E-state index contributed by atoms with van der Waals surface area (Å²) in [5, 5.41) is 0. The van der Waals surface area contributed by atoms with Crippen LogP contribution in [0.3, 0.4) is 0 Å². The Hall–Kier alpha value is -1.75. The summed E-state index contributed by atoms with van der Waals surface area (Å²) < 4.78 is 4.82. The SMILES string of the molecule is CCOC(=O)CCCC#Cc1ccccc1. The molecule has 2 nitrogen and oxygen atoms in total. The number of hydrogen-bond acceptors (Lipinski definition) is 2. The Kier molecular flexibility index (Phi) is 5.80. The van der Waals surface area contributed by atoms with E-state index in [1.165, 1.54) is 0 Å². The standard InChI is InChI=1S/C14H16O2/c1-2-16-14(15)12-8-4-7-11-13-9-5-3-6-10-13/h3,5-6,9-10H,2,4,8,12H2,1H3. The summed E-state index contributed by atoms with van der Waals surface area (Å²) in [5.74, 6) is 5.95. The first-order chi connectivity index (χ1) is 7.83. The fourth-order valence-electron chi connectivity index (χ4n) is 1.24. The van der Waals surface area contributed by atoms with Crippen LogP contribution in [0.5, 0.6) is 0 Å². The molecule has 1 aromatic carbocycles. The molecule has 0 amide bonds. The molecule has 0 atom stereocenters. The Morgan fingerprint density at radius 3 is 2.75 bits per heavy atom. The van der Waals surface area contributed by atoms with Gasteiger partial charge in [0.2, 0.25) is 0 Å². The highest BCUT2D eigenvalue weighted by Gasteiger charge is 1.98. The third kappa shape index (κ3) is 5.21. The average Bonchev–Trinajstić information content (AvgIpc) is 2.30. The molecule has 0 bridgehead atoms. The van der Waals surface area contributed by atoms with Gasteiger partial charge in [0.15, 0.2) is 0 Å². The van der Waals surface area contributed by atoms with Crippen molar-refractivity contribution in [2.75, 3.05) is 6.61 Å². The van der Waals surface area contributed by atoms with Gasteiger partial charge in [0, 0.05) is 18.4 Å². The van der Waals surface area contributed by atoms with Gasteiger partial charge in [-0.2, -0.15) is 0 Å². The van der Waals surface area contributed by atoms with Crippen molar-refractivity contribution < 1.29 is 9.53 Å². The van der Waals surface area contributed by atoms with E-state index in [1.54, 1.807) is 0 Å². The number of esters is 1. The number of carbonyl (C=O) groups is 1. The summed E-state index contributed by atoms with van der Waals surface area (Å²) in [6.45, 7) is 2.27. The van der Waals surface area contributed by atoms with Crippen molar-refractivity contribution in [1.82, 2.24) is 0 Å². The van der Waals surface area contributed by atoms with Crippen molar-refractivity contribution in [1.29, 1.82) is 0 Å². The van der Waals surface area contributed by atoms with Crippen molar-refractivity contribution >= 4 is 5.97 Å². The Morgan fingerprint density at radius 1 is 1.31 bits per heavy atom. The normalized spacial score (nSPS) is 9.06. The topological polar surface area (TPSA) is 26.3 Å². The first-order valence-electron chi connectivity index (χ1n) is 5.52. The fourth-order valence-corrected chi connectivity index (χ4v) is 1.24. The number of rotatable bonds is 4. The predicted molar refractivity (Wildman–Crippen MR) is 63.8 cm³/mol. The quantitative estimate of drug-likeness (QED) is 0.439. The summed E-state index contributed by atoms with van der Waals surface area (Å²) >= 11 is 0. The molecule has 0 aromatic heterocycles. The van der Waals surface area contributed by atoms with Crippen LogP contribution in [0, 0.1) is 11.8 Å². The van der Waals surface area contributed by atoms with Crippen molar-refractivity contribution in [3.8, 4) is 11.8 Å². The molecule has 2 heteroatoms. The van der Waals surface area contributed by atoms with Crippen LogP contribution in [0.2, 0.25) is 0 Å². The highest BCUT2D eigenvalue weighted by molar-refractivity contribution is 5.69. The summed E-state index contributed by atoms with van der Waals surface area (Å²) in [6.07, 6.45) is 1.95. The van der Waals surface area contributed by atoms with Gasteiger partial charge >= 0.3 is 5.97 Å². The summed E-state index contributed by atoms with van der Waals surface area (Å²) in [5.41, 5.74) is 1.01. The molecule has 1 rings (SSSR count). The zero-order valence-corrected chi connectivity index (χ0v) is 9.53. The smallest absolute Gasteiger partial charge is 0.305 e. The van der Waals surface area contributed by atoms with Crippen LogP contribution in [0.25, 0.3) is 0 Å². The maximum atomic E-state index is 11.0. The van der Waals surface area contributed by atoms with Crippen LogP contribution in [0.4, 0.5) is 0 Å². The fraction of sp³-hybridized carbons (Fsp3) is 0.357. The van der Waals surface area contributed by atoms with Crippen LogP contribution >= 0.6 is 0 Å². The van der Waals surface area contributed by atoms with E-state index in [1.807, 2.05) is 37.3 Å². The molecule has 0 radical (unpaired) electrons. The third-order valence-corrected chi connectivity index (χ3v) is 1.99. The predicted octanol–water partition coefficient (Wildman–Crippen LogP) is 2.77. The average molecular weight is 216 g/mol. The minimum atomic E-state index is -0.135. The molecule has 16 heavy (non-hydrogen) atoms. The molecule has 0 aliphatic rings. The van der Waals surface area contributed by atoms with Crippen LogP contribution in [-0.2, 0) is 9.53 Å². The lowest BCUT2D eigenvalue weighted by Crippen LogP contribution is -2.02. The Balaban J connectivity index is 2.21. The number of hydrogen-bond donors (Lipinski definition) is 0. The molecule has 84 valence electrons. The van der Waals surface area contributed by atoms with Gasteiger partial charge in [-0.1, -0.05) is 30.0 Å². The molecular formula is C14H16O2. The minimum absolute atomic E-state index is 0.135. The lowest BCUT2D eigenvalue weighted by atomic mass is 10.2.